The van der Waals surface area contributed by atoms with Crippen LogP contribution in [0.2, 0.25) is 5.02 Å². The van der Waals surface area contributed by atoms with Gasteiger partial charge in [-0.25, -0.2) is 4.98 Å². The van der Waals surface area contributed by atoms with Gasteiger partial charge in [0, 0.05) is 30.4 Å². The van der Waals surface area contributed by atoms with E-state index in [0.29, 0.717) is 11.6 Å². The fraction of sp³-hybridized carbons (Fsp3) is 0.188. The lowest BCUT2D eigenvalue weighted by atomic mass is 10.1. The van der Waals surface area contributed by atoms with Gasteiger partial charge in [0.25, 0.3) is 5.69 Å². The summed E-state index contributed by atoms with van der Waals surface area (Å²) >= 11 is 6.10. The summed E-state index contributed by atoms with van der Waals surface area (Å²) in [7, 11) is 3.92. The van der Waals surface area contributed by atoms with E-state index < -0.39 is 4.92 Å². The Labute approximate surface area is 138 Å². The molecular weight excluding hydrogens is 316 g/mol. The lowest BCUT2D eigenvalue weighted by Gasteiger charge is -2.11. The average Bonchev–Trinajstić information content (AvgIpc) is 2.85. The molecule has 118 valence electrons. The van der Waals surface area contributed by atoms with E-state index >= 15 is 0 Å². The van der Waals surface area contributed by atoms with Crippen LogP contribution in [0.4, 0.5) is 5.69 Å². The largest absolute Gasteiger partial charge is 0.304 e. The standard InChI is InChI=1S/C16H15ClN4O2/c1-19(2)10-14-16(11-4-3-5-13(8-11)21(22)23)18-15-7-6-12(17)9-20(14)15/h3-9H,10H2,1-2H3. The molecule has 3 aromatic rings. The molecule has 0 aliphatic rings. The maximum Gasteiger partial charge on any atom is 0.270 e. The first-order chi connectivity index (χ1) is 11.0. The molecule has 0 bridgehead atoms. The number of non-ortho nitro benzene ring substituents is 1. The molecule has 2 heterocycles. The fourth-order valence-electron chi connectivity index (χ4n) is 2.52. The number of aromatic nitrogens is 2. The van der Waals surface area contributed by atoms with Crippen molar-refractivity contribution in [1.29, 1.82) is 0 Å². The van der Waals surface area contributed by atoms with Crippen LogP contribution in [0.3, 0.4) is 0 Å². The minimum absolute atomic E-state index is 0.0494. The molecule has 0 saturated carbocycles. The molecule has 0 radical (unpaired) electrons. The maximum absolute atomic E-state index is 11.0. The molecule has 6 nitrogen and oxygen atoms in total. The highest BCUT2D eigenvalue weighted by atomic mass is 35.5. The van der Waals surface area contributed by atoms with Gasteiger partial charge in [0.05, 0.1) is 21.3 Å². The van der Waals surface area contributed by atoms with Crippen molar-refractivity contribution in [3.63, 3.8) is 0 Å². The number of nitro groups is 1. The molecule has 0 N–H and O–H groups in total. The molecule has 0 unspecified atom stereocenters. The van der Waals surface area contributed by atoms with E-state index in [0.717, 1.165) is 22.6 Å². The second kappa shape index (κ2) is 5.98. The molecule has 0 aliphatic heterocycles. The number of hydrogen-bond donors (Lipinski definition) is 0. The quantitative estimate of drug-likeness (QED) is 0.541. The number of benzene rings is 1. The van der Waals surface area contributed by atoms with Gasteiger partial charge in [0.2, 0.25) is 0 Å². The lowest BCUT2D eigenvalue weighted by Crippen LogP contribution is -2.13. The first kappa shape index (κ1) is 15.5. The van der Waals surface area contributed by atoms with Crippen LogP contribution in [0.1, 0.15) is 5.69 Å². The predicted octanol–water partition coefficient (Wildman–Crippen LogP) is 3.62. The number of imidazole rings is 1. The minimum Gasteiger partial charge on any atom is -0.304 e. The van der Waals surface area contributed by atoms with Gasteiger partial charge in [-0.3, -0.25) is 10.1 Å². The van der Waals surface area contributed by atoms with Crippen molar-refractivity contribution < 1.29 is 4.92 Å². The zero-order chi connectivity index (χ0) is 16.6. The summed E-state index contributed by atoms with van der Waals surface area (Å²) in [6.07, 6.45) is 1.81. The summed E-state index contributed by atoms with van der Waals surface area (Å²) in [6.45, 7) is 0.638. The number of rotatable bonds is 4. The molecule has 7 heteroatoms. The van der Waals surface area contributed by atoms with Gasteiger partial charge in [-0.2, -0.15) is 0 Å². The topological polar surface area (TPSA) is 63.7 Å². The third kappa shape index (κ3) is 3.04. The van der Waals surface area contributed by atoms with E-state index in [1.165, 1.54) is 6.07 Å². The number of fused-ring (bicyclic) bond motifs is 1. The van der Waals surface area contributed by atoms with Crippen LogP contribution in [-0.2, 0) is 6.54 Å². The van der Waals surface area contributed by atoms with E-state index in [1.54, 1.807) is 18.2 Å². The van der Waals surface area contributed by atoms with Crippen LogP contribution in [0, 0.1) is 10.1 Å². The molecule has 0 atom stereocenters. The predicted molar refractivity (Wildman–Crippen MR) is 89.7 cm³/mol. The Morgan fingerprint density at radius 2 is 2.09 bits per heavy atom. The van der Waals surface area contributed by atoms with Crippen molar-refractivity contribution in [2.45, 2.75) is 6.54 Å². The van der Waals surface area contributed by atoms with Gasteiger partial charge < -0.3 is 9.30 Å². The summed E-state index contributed by atoms with van der Waals surface area (Å²) in [5.41, 5.74) is 3.19. The van der Waals surface area contributed by atoms with Gasteiger partial charge in [0.15, 0.2) is 0 Å². The second-order valence-corrected chi connectivity index (χ2v) is 5.96. The molecular formula is C16H15ClN4O2. The highest BCUT2D eigenvalue weighted by Crippen LogP contribution is 2.28. The normalized spacial score (nSPS) is 11.3. The molecule has 3 rings (SSSR count). The van der Waals surface area contributed by atoms with Gasteiger partial charge in [-0.05, 0) is 26.2 Å². The zero-order valence-electron chi connectivity index (χ0n) is 12.7. The van der Waals surface area contributed by atoms with Crippen molar-refractivity contribution in [2.24, 2.45) is 0 Å². The Morgan fingerprint density at radius 1 is 1.30 bits per heavy atom. The Balaban J connectivity index is 2.23. The zero-order valence-corrected chi connectivity index (χ0v) is 13.5. The van der Waals surface area contributed by atoms with Crippen molar-refractivity contribution in [2.75, 3.05) is 14.1 Å². The molecule has 0 aliphatic carbocycles. The number of nitrogens with zero attached hydrogens (tertiary/aromatic N) is 4. The maximum atomic E-state index is 11.0. The van der Waals surface area contributed by atoms with Crippen LogP contribution in [0.25, 0.3) is 16.9 Å². The molecule has 0 spiro atoms. The van der Waals surface area contributed by atoms with Crippen LogP contribution in [0.5, 0.6) is 0 Å². The highest BCUT2D eigenvalue weighted by Gasteiger charge is 2.17. The Kier molecular flexibility index (Phi) is 4.02. The van der Waals surface area contributed by atoms with E-state index in [4.69, 9.17) is 11.6 Å². The molecule has 0 amide bonds. The summed E-state index contributed by atoms with van der Waals surface area (Å²) in [5, 5.41) is 11.6. The van der Waals surface area contributed by atoms with Crippen LogP contribution in [-0.4, -0.2) is 33.3 Å². The van der Waals surface area contributed by atoms with Crippen molar-refractivity contribution in [3.05, 3.63) is 63.4 Å². The van der Waals surface area contributed by atoms with Crippen LogP contribution in [0.15, 0.2) is 42.6 Å². The monoisotopic (exact) mass is 330 g/mol. The smallest absolute Gasteiger partial charge is 0.270 e. The lowest BCUT2D eigenvalue weighted by molar-refractivity contribution is -0.384. The summed E-state index contributed by atoms with van der Waals surface area (Å²) in [4.78, 5) is 17.3. The first-order valence-corrected chi connectivity index (χ1v) is 7.39. The molecule has 23 heavy (non-hydrogen) atoms. The molecule has 1 aromatic carbocycles. The number of nitro benzene ring substituents is 1. The summed E-state index contributed by atoms with van der Waals surface area (Å²) in [6, 6.07) is 10.1. The summed E-state index contributed by atoms with van der Waals surface area (Å²) in [5.74, 6) is 0. The van der Waals surface area contributed by atoms with Gasteiger partial charge in [0.1, 0.15) is 5.65 Å². The van der Waals surface area contributed by atoms with E-state index in [2.05, 4.69) is 4.98 Å². The van der Waals surface area contributed by atoms with Gasteiger partial charge >= 0.3 is 0 Å². The molecule has 2 aromatic heterocycles. The van der Waals surface area contributed by atoms with Crippen LogP contribution < -0.4 is 0 Å². The highest BCUT2D eigenvalue weighted by molar-refractivity contribution is 6.30. The van der Waals surface area contributed by atoms with E-state index in [-0.39, 0.29) is 5.69 Å². The third-order valence-corrected chi connectivity index (χ3v) is 3.70. The summed E-state index contributed by atoms with van der Waals surface area (Å²) < 4.78 is 1.93. The average molecular weight is 331 g/mol. The Hall–Kier alpha value is -2.44. The van der Waals surface area contributed by atoms with Crippen molar-refractivity contribution in [1.82, 2.24) is 14.3 Å². The van der Waals surface area contributed by atoms with Gasteiger partial charge in [-0.15, -0.1) is 0 Å². The van der Waals surface area contributed by atoms with Crippen LogP contribution >= 0.6 is 11.6 Å². The molecule has 0 saturated heterocycles. The van der Waals surface area contributed by atoms with Crippen molar-refractivity contribution >= 4 is 22.9 Å². The number of hydrogen-bond acceptors (Lipinski definition) is 4. The Morgan fingerprint density at radius 3 is 2.78 bits per heavy atom. The number of pyridine rings is 1. The van der Waals surface area contributed by atoms with Crippen molar-refractivity contribution in [3.8, 4) is 11.3 Å². The first-order valence-electron chi connectivity index (χ1n) is 7.02. The SMILES string of the molecule is CN(C)Cc1c(-c2cccc([N+](=O)[O-])c2)nc2ccc(Cl)cn12. The van der Waals surface area contributed by atoms with E-state index in [1.807, 2.05) is 41.7 Å². The second-order valence-electron chi connectivity index (χ2n) is 5.53. The van der Waals surface area contributed by atoms with E-state index in [9.17, 15) is 10.1 Å². The van der Waals surface area contributed by atoms with Gasteiger partial charge in [-0.1, -0.05) is 23.7 Å². The Bertz CT molecular complexity index is 889. The minimum atomic E-state index is -0.401. The number of halogens is 1. The fourth-order valence-corrected chi connectivity index (χ4v) is 2.68. The molecule has 0 fully saturated rings. The third-order valence-electron chi connectivity index (χ3n) is 3.48.